The van der Waals surface area contributed by atoms with Gasteiger partial charge in [0.05, 0.1) is 22.3 Å². The van der Waals surface area contributed by atoms with Crippen molar-refractivity contribution >= 4 is 30.6 Å². The number of benzene rings is 1. The molecular weight excluding hydrogens is 380 g/mol. The maximum atomic E-state index is 12.4. The predicted molar refractivity (Wildman–Crippen MR) is 105 cm³/mol. The van der Waals surface area contributed by atoms with Crippen molar-refractivity contribution < 1.29 is 14.6 Å². The highest BCUT2D eigenvalue weighted by Gasteiger charge is 2.27. The van der Waals surface area contributed by atoms with E-state index < -0.39 is 13.5 Å². The SMILES string of the molecule is CC(NCC(O)CP(=O)(O)CC1CC=CCC1)c1ccc(Cl)c(Cl)c1. The minimum absolute atomic E-state index is 0.0500. The van der Waals surface area contributed by atoms with Crippen molar-refractivity contribution in [3.63, 3.8) is 0 Å². The largest absolute Gasteiger partial charge is 0.391 e. The van der Waals surface area contributed by atoms with Crippen LogP contribution in [0.3, 0.4) is 0 Å². The molecule has 140 valence electrons. The Balaban J connectivity index is 1.80. The molecule has 1 aromatic rings. The van der Waals surface area contributed by atoms with Crippen molar-refractivity contribution in [2.24, 2.45) is 5.92 Å². The molecule has 0 radical (unpaired) electrons. The fourth-order valence-corrected chi connectivity index (χ4v) is 5.49. The quantitative estimate of drug-likeness (QED) is 0.435. The molecule has 7 heteroatoms. The lowest BCUT2D eigenvalue weighted by atomic mass is 9.96. The number of hydrogen-bond donors (Lipinski definition) is 3. The van der Waals surface area contributed by atoms with Gasteiger partial charge in [-0.2, -0.15) is 0 Å². The molecule has 1 aliphatic carbocycles. The van der Waals surface area contributed by atoms with Crippen LogP contribution in [0, 0.1) is 5.92 Å². The third-order valence-electron chi connectivity index (χ3n) is 4.52. The Morgan fingerprint density at radius 2 is 2.08 bits per heavy atom. The topological polar surface area (TPSA) is 69.6 Å². The molecule has 25 heavy (non-hydrogen) atoms. The number of aliphatic hydroxyl groups is 1. The summed E-state index contributed by atoms with van der Waals surface area (Å²) in [6.45, 7) is 2.19. The highest BCUT2D eigenvalue weighted by Crippen LogP contribution is 2.45. The molecule has 4 nitrogen and oxygen atoms in total. The van der Waals surface area contributed by atoms with Gasteiger partial charge in [0.15, 0.2) is 0 Å². The molecule has 3 N–H and O–H groups in total. The molecule has 0 aliphatic heterocycles. The van der Waals surface area contributed by atoms with Gasteiger partial charge in [0.25, 0.3) is 0 Å². The van der Waals surface area contributed by atoms with Crippen LogP contribution >= 0.6 is 30.6 Å². The van der Waals surface area contributed by atoms with Crippen molar-refractivity contribution in [3.05, 3.63) is 46.0 Å². The summed E-state index contributed by atoms with van der Waals surface area (Å²) < 4.78 is 12.4. The van der Waals surface area contributed by atoms with E-state index in [1.807, 2.05) is 13.0 Å². The number of aliphatic hydroxyl groups excluding tert-OH is 1. The first kappa shape index (κ1) is 21.0. The molecule has 0 amide bonds. The van der Waals surface area contributed by atoms with E-state index in [4.69, 9.17) is 23.2 Å². The highest BCUT2D eigenvalue weighted by atomic mass is 35.5. The molecular formula is C18H26Cl2NO3P. The Morgan fingerprint density at radius 1 is 1.32 bits per heavy atom. The van der Waals surface area contributed by atoms with Crippen molar-refractivity contribution in [2.45, 2.75) is 38.3 Å². The van der Waals surface area contributed by atoms with Gasteiger partial charge in [-0.1, -0.05) is 41.4 Å². The Hall–Kier alpha value is -0.350. The van der Waals surface area contributed by atoms with Crippen LogP contribution < -0.4 is 5.32 Å². The highest BCUT2D eigenvalue weighted by molar-refractivity contribution is 7.58. The van der Waals surface area contributed by atoms with Gasteiger partial charge >= 0.3 is 0 Å². The molecule has 1 aromatic carbocycles. The summed E-state index contributed by atoms with van der Waals surface area (Å²) in [5.74, 6) is 0.246. The maximum absolute atomic E-state index is 12.4. The molecule has 2 rings (SSSR count). The van der Waals surface area contributed by atoms with Crippen LogP contribution in [0.4, 0.5) is 0 Å². The van der Waals surface area contributed by atoms with E-state index in [9.17, 15) is 14.6 Å². The lowest BCUT2D eigenvalue weighted by Gasteiger charge is -2.23. The summed E-state index contributed by atoms with van der Waals surface area (Å²) in [5, 5.41) is 14.3. The third-order valence-corrected chi connectivity index (χ3v) is 7.34. The molecule has 1 aliphatic rings. The van der Waals surface area contributed by atoms with Crippen LogP contribution in [0.5, 0.6) is 0 Å². The van der Waals surface area contributed by atoms with E-state index in [1.54, 1.807) is 12.1 Å². The van der Waals surface area contributed by atoms with Gasteiger partial charge < -0.3 is 15.3 Å². The van der Waals surface area contributed by atoms with Gasteiger partial charge in [0, 0.05) is 18.7 Å². The Bertz CT molecular complexity index is 653. The Morgan fingerprint density at radius 3 is 2.72 bits per heavy atom. The van der Waals surface area contributed by atoms with Gasteiger partial charge in [-0.05, 0) is 49.8 Å². The second kappa shape index (κ2) is 9.55. The zero-order valence-corrected chi connectivity index (χ0v) is 16.8. The van der Waals surface area contributed by atoms with E-state index in [2.05, 4.69) is 17.5 Å². The summed E-state index contributed by atoms with van der Waals surface area (Å²) >= 11 is 11.9. The maximum Gasteiger partial charge on any atom is 0.203 e. The van der Waals surface area contributed by atoms with Crippen molar-refractivity contribution in [3.8, 4) is 0 Å². The summed E-state index contributed by atoms with van der Waals surface area (Å²) in [7, 11) is -3.33. The lowest BCUT2D eigenvalue weighted by Crippen LogP contribution is -2.32. The third kappa shape index (κ3) is 7.05. The summed E-state index contributed by atoms with van der Waals surface area (Å²) in [6.07, 6.45) is 6.31. The van der Waals surface area contributed by atoms with E-state index in [0.717, 1.165) is 24.8 Å². The molecule has 4 atom stereocenters. The van der Waals surface area contributed by atoms with Crippen LogP contribution in [0.2, 0.25) is 10.0 Å². The van der Waals surface area contributed by atoms with Crippen molar-refractivity contribution in [2.75, 3.05) is 18.9 Å². The van der Waals surface area contributed by atoms with E-state index in [1.165, 1.54) is 0 Å². The van der Waals surface area contributed by atoms with Crippen LogP contribution in [-0.2, 0) is 4.57 Å². The monoisotopic (exact) mass is 405 g/mol. The van der Waals surface area contributed by atoms with Gasteiger partial charge in [0.2, 0.25) is 7.37 Å². The van der Waals surface area contributed by atoms with Crippen LogP contribution in [0.25, 0.3) is 0 Å². The van der Waals surface area contributed by atoms with E-state index in [0.29, 0.717) is 10.0 Å². The van der Waals surface area contributed by atoms with Crippen LogP contribution in [-0.4, -0.2) is 35.0 Å². The minimum Gasteiger partial charge on any atom is -0.391 e. The summed E-state index contributed by atoms with van der Waals surface area (Å²) in [4.78, 5) is 10.2. The average Bonchev–Trinajstić information content (AvgIpc) is 2.55. The molecule has 0 aromatic heterocycles. The smallest absolute Gasteiger partial charge is 0.203 e. The van der Waals surface area contributed by atoms with Gasteiger partial charge in [-0.3, -0.25) is 4.57 Å². The zero-order chi connectivity index (χ0) is 18.4. The second-order valence-corrected chi connectivity index (χ2v) is 10.1. The van der Waals surface area contributed by atoms with Gasteiger partial charge in [0.1, 0.15) is 0 Å². The second-order valence-electron chi connectivity index (χ2n) is 6.82. The van der Waals surface area contributed by atoms with Crippen LogP contribution in [0.15, 0.2) is 30.4 Å². The van der Waals surface area contributed by atoms with Crippen LogP contribution in [0.1, 0.15) is 37.8 Å². The number of allylic oxidation sites excluding steroid dienone is 2. The first-order chi connectivity index (χ1) is 11.8. The number of halogens is 2. The number of rotatable bonds is 8. The predicted octanol–water partition coefficient (Wildman–Crippen LogP) is 4.63. The number of hydrogen-bond acceptors (Lipinski definition) is 3. The molecule has 0 spiro atoms. The van der Waals surface area contributed by atoms with E-state index in [-0.39, 0.29) is 30.8 Å². The molecule has 0 bridgehead atoms. The molecule has 0 heterocycles. The molecule has 4 unspecified atom stereocenters. The van der Waals surface area contributed by atoms with Crippen molar-refractivity contribution in [1.82, 2.24) is 5.32 Å². The standard InChI is InChI=1S/C18H26Cl2NO3P/c1-13(15-7-8-17(19)18(20)9-15)21-10-16(22)12-25(23,24)11-14-5-3-2-4-6-14/h2-3,7-9,13-14,16,21-22H,4-6,10-12H2,1H3,(H,23,24). The van der Waals surface area contributed by atoms with E-state index >= 15 is 0 Å². The zero-order valence-electron chi connectivity index (χ0n) is 14.4. The fourth-order valence-electron chi connectivity index (χ4n) is 3.11. The van der Waals surface area contributed by atoms with Crippen molar-refractivity contribution in [1.29, 1.82) is 0 Å². The molecule has 0 fully saturated rings. The fraction of sp³-hybridized carbons (Fsp3) is 0.556. The number of nitrogens with one attached hydrogen (secondary N) is 1. The molecule has 0 saturated carbocycles. The van der Waals surface area contributed by atoms with Gasteiger partial charge in [-0.15, -0.1) is 0 Å². The normalized spacial score (nSPS) is 22.4. The van der Waals surface area contributed by atoms with Gasteiger partial charge in [-0.25, -0.2) is 0 Å². The molecule has 0 saturated heterocycles. The lowest BCUT2D eigenvalue weighted by molar-refractivity contribution is 0.186. The Labute approximate surface area is 159 Å². The average molecular weight is 406 g/mol. The minimum atomic E-state index is -3.33. The summed E-state index contributed by atoms with van der Waals surface area (Å²) in [6, 6.07) is 5.33. The first-order valence-electron chi connectivity index (χ1n) is 8.59. The summed E-state index contributed by atoms with van der Waals surface area (Å²) in [5.41, 5.74) is 0.947. The first-order valence-corrected chi connectivity index (χ1v) is 11.4. The Kier molecular flexibility index (Phi) is 8.00.